The summed E-state index contributed by atoms with van der Waals surface area (Å²) in [7, 11) is 0. The number of allylic oxidation sites excluding steroid dienone is 12. The van der Waals surface area contributed by atoms with Gasteiger partial charge in [-0.05, 0) is 77.0 Å². The normalized spacial score (nSPS) is 25.6. The van der Waals surface area contributed by atoms with Crippen LogP contribution in [0.25, 0.3) is 0 Å². The third-order valence-corrected chi connectivity index (χ3v) is 12.7. The van der Waals surface area contributed by atoms with Gasteiger partial charge in [-0.1, -0.05) is 164 Å². The lowest BCUT2D eigenvalue weighted by Crippen LogP contribution is -2.61. The largest absolute Gasteiger partial charge is 0.462 e. The zero-order chi connectivity index (χ0) is 52.4. The highest BCUT2D eigenvalue weighted by atomic mass is 16.7. The monoisotopic (exact) mass is 1020 g/mol. The highest BCUT2D eigenvalue weighted by Crippen LogP contribution is 2.26. The maximum Gasteiger partial charge on any atom is 0.306 e. The van der Waals surface area contributed by atoms with Crippen LogP contribution >= 0.6 is 0 Å². The number of unbranched alkanes of at least 4 members (excludes halogenated alkanes) is 16. The maximum absolute atomic E-state index is 13.0. The molecule has 0 aromatic carbocycles. The van der Waals surface area contributed by atoms with Crippen molar-refractivity contribution in [2.24, 2.45) is 0 Å². The standard InChI is InChI=1S/C57H96O15/c1-3-5-7-9-11-13-15-17-19-21-22-24-25-27-29-31-33-35-37-39-48(59)67-42-45(70-49(60)40-38-36-34-32-30-28-26-23-20-18-16-14-12-10-8-6-4-2)43-68-56-55(66)53(64)51(62)47(72-56)44-69-57-54(65)52(63)50(61)46(41-58)71-57/h6,8,12,14,17-20,26,28,32,34,45-47,50-58,61-66H,3-5,7,9-11,13,15-16,21-25,27,29-31,33,35-44H2,1-2H3/b8-6+,14-12+,19-17+,20-18+,28-26+,34-32+/t45-,46+,47+,50-,51-,52?,53?,54?,55?,56+,57+/m0/s1. The van der Waals surface area contributed by atoms with E-state index in [9.17, 15) is 45.3 Å². The fraction of sp³-hybridized carbons (Fsp3) is 0.754. The van der Waals surface area contributed by atoms with Gasteiger partial charge in [0.25, 0.3) is 0 Å². The smallest absolute Gasteiger partial charge is 0.306 e. The van der Waals surface area contributed by atoms with Crippen molar-refractivity contribution in [3.8, 4) is 0 Å². The van der Waals surface area contributed by atoms with Gasteiger partial charge in [0.1, 0.15) is 55.4 Å². The third kappa shape index (κ3) is 30.3. The molecule has 11 atom stereocenters. The first kappa shape index (κ1) is 65.1. The molecule has 7 N–H and O–H groups in total. The fourth-order valence-corrected chi connectivity index (χ4v) is 8.19. The lowest BCUT2D eigenvalue weighted by Gasteiger charge is -2.42. The molecule has 0 aromatic rings. The van der Waals surface area contributed by atoms with E-state index in [-0.39, 0.29) is 19.4 Å². The molecule has 15 heteroatoms. The molecule has 414 valence electrons. The van der Waals surface area contributed by atoms with Gasteiger partial charge in [0.05, 0.1) is 19.8 Å². The second-order valence-electron chi connectivity index (χ2n) is 19.0. The van der Waals surface area contributed by atoms with Gasteiger partial charge in [0, 0.05) is 12.8 Å². The molecular formula is C57H96O15. The number of aliphatic hydroxyl groups is 7. The Labute approximate surface area is 432 Å². The summed E-state index contributed by atoms with van der Waals surface area (Å²) in [6.07, 6.45) is 35.0. The van der Waals surface area contributed by atoms with Crippen molar-refractivity contribution in [2.75, 3.05) is 26.4 Å². The molecule has 4 unspecified atom stereocenters. The average molecular weight is 1020 g/mol. The topological polar surface area (TPSA) is 231 Å². The van der Waals surface area contributed by atoms with E-state index >= 15 is 0 Å². The first-order valence-corrected chi connectivity index (χ1v) is 27.5. The lowest BCUT2D eigenvalue weighted by atomic mass is 9.98. The molecular weight excluding hydrogens is 925 g/mol. The van der Waals surface area contributed by atoms with E-state index in [0.717, 1.165) is 57.8 Å². The molecule has 2 saturated heterocycles. The zero-order valence-corrected chi connectivity index (χ0v) is 43.9. The number of rotatable bonds is 42. The first-order valence-electron chi connectivity index (χ1n) is 27.5. The van der Waals surface area contributed by atoms with Crippen LogP contribution in [0.4, 0.5) is 0 Å². The van der Waals surface area contributed by atoms with Crippen LogP contribution in [0.1, 0.15) is 181 Å². The van der Waals surface area contributed by atoms with Crippen molar-refractivity contribution in [1.82, 2.24) is 0 Å². The van der Waals surface area contributed by atoms with Crippen molar-refractivity contribution in [3.63, 3.8) is 0 Å². The molecule has 72 heavy (non-hydrogen) atoms. The molecule has 0 spiro atoms. The van der Waals surface area contributed by atoms with Gasteiger partial charge in [-0.15, -0.1) is 0 Å². The van der Waals surface area contributed by atoms with E-state index in [1.54, 1.807) is 0 Å². The van der Waals surface area contributed by atoms with Gasteiger partial charge in [-0.3, -0.25) is 9.59 Å². The predicted molar refractivity (Wildman–Crippen MR) is 279 cm³/mol. The van der Waals surface area contributed by atoms with E-state index in [1.807, 2.05) is 12.2 Å². The van der Waals surface area contributed by atoms with Crippen molar-refractivity contribution in [3.05, 3.63) is 72.9 Å². The van der Waals surface area contributed by atoms with Crippen molar-refractivity contribution in [1.29, 1.82) is 0 Å². The Morgan fingerprint density at radius 1 is 0.458 bits per heavy atom. The van der Waals surface area contributed by atoms with Crippen LogP contribution in [0.2, 0.25) is 0 Å². The second kappa shape index (κ2) is 43.2. The Kier molecular flexibility index (Phi) is 39.0. The second-order valence-corrected chi connectivity index (χ2v) is 19.0. The summed E-state index contributed by atoms with van der Waals surface area (Å²) < 4.78 is 33.6. The molecule has 2 aliphatic rings. The maximum atomic E-state index is 13.0. The minimum Gasteiger partial charge on any atom is -0.462 e. The van der Waals surface area contributed by atoms with Crippen LogP contribution < -0.4 is 0 Å². The molecule has 2 fully saturated rings. The number of hydrogen-bond acceptors (Lipinski definition) is 15. The highest BCUT2D eigenvalue weighted by Gasteiger charge is 2.47. The average Bonchev–Trinajstić information content (AvgIpc) is 3.37. The molecule has 0 saturated carbocycles. The fourth-order valence-electron chi connectivity index (χ4n) is 8.19. The van der Waals surface area contributed by atoms with Gasteiger partial charge in [-0.2, -0.15) is 0 Å². The van der Waals surface area contributed by atoms with Crippen LogP contribution in [0, 0.1) is 0 Å². The van der Waals surface area contributed by atoms with Crippen LogP contribution in [-0.2, 0) is 38.0 Å². The molecule has 0 aliphatic carbocycles. The minimum absolute atomic E-state index is 0.0836. The highest BCUT2D eigenvalue weighted by molar-refractivity contribution is 5.70. The summed E-state index contributed by atoms with van der Waals surface area (Å²) >= 11 is 0. The van der Waals surface area contributed by atoms with Crippen LogP contribution in [0.3, 0.4) is 0 Å². The summed E-state index contributed by atoms with van der Waals surface area (Å²) in [6, 6.07) is 0. The summed E-state index contributed by atoms with van der Waals surface area (Å²) in [5, 5.41) is 72.2. The first-order chi connectivity index (χ1) is 35.0. The van der Waals surface area contributed by atoms with Crippen molar-refractivity contribution < 1.29 is 73.8 Å². The molecule has 2 aliphatic heterocycles. The number of hydrogen-bond donors (Lipinski definition) is 7. The molecule has 15 nitrogen and oxygen atoms in total. The number of carbonyl (C=O) groups is 2. The lowest BCUT2D eigenvalue weighted by molar-refractivity contribution is -0.332. The number of aliphatic hydroxyl groups excluding tert-OH is 7. The van der Waals surface area contributed by atoms with Gasteiger partial charge < -0.3 is 64.2 Å². The Bertz CT molecular complexity index is 1530. The van der Waals surface area contributed by atoms with E-state index < -0.39 is 99.3 Å². The van der Waals surface area contributed by atoms with E-state index in [0.29, 0.717) is 19.3 Å². The van der Waals surface area contributed by atoms with Gasteiger partial charge in [-0.25, -0.2) is 0 Å². The number of carbonyl (C=O) groups excluding carboxylic acids is 2. The Morgan fingerprint density at radius 3 is 1.43 bits per heavy atom. The minimum atomic E-state index is -1.78. The Hall–Kier alpha value is -3.06. The van der Waals surface area contributed by atoms with E-state index in [2.05, 4.69) is 74.6 Å². The van der Waals surface area contributed by atoms with E-state index in [4.69, 9.17) is 28.4 Å². The quantitative estimate of drug-likeness (QED) is 0.0172. The predicted octanol–water partition coefficient (Wildman–Crippen LogP) is 8.60. The number of esters is 2. The van der Waals surface area contributed by atoms with Crippen LogP contribution in [-0.4, -0.2) is 142 Å². The molecule has 0 aromatic heterocycles. The SMILES string of the molecule is CC/C=C/C/C=C/C/C=C/C/C=C/C/C=C/CCCC(=O)O[C@@H](COC(=O)CCCCCCCCCCC/C=C/CCCCCCCC)CO[C@@H]1O[C@H](CO[C@@H]2O[C@H](CO)[C@H](O)C(O)C2O)[C@H](O)C(O)C1O. The summed E-state index contributed by atoms with van der Waals surface area (Å²) in [5.41, 5.74) is 0. The van der Waals surface area contributed by atoms with Crippen molar-refractivity contribution in [2.45, 2.75) is 248 Å². The number of ether oxygens (including phenoxy) is 6. The molecule has 2 rings (SSSR count). The van der Waals surface area contributed by atoms with Gasteiger partial charge >= 0.3 is 11.9 Å². The van der Waals surface area contributed by atoms with Crippen molar-refractivity contribution >= 4 is 11.9 Å². The molecule has 0 radical (unpaired) electrons. The van der Waals surface area contributed by atoms with Gasteiger partial charge in [0.2, 0.25) is 0 Å². The zero-order valence-electron chi connectivity index (χ0n) is 43.9. The Balaban J connectivity index is 1.80. The van der Waals surface area contributed by atoms with E-state index in [1.165, 1.54) is 77.0 Å². The summed E-state index contributed by atoms with van der Waals surface area (Å²) in [4.78, 5) is 25.8. The van der Waals surface area contributed by atoms with Crippen LogP contribution in [0.15, 0.2) is 72.9 Å². The molecule has 0 bridgehead atoms. The van der Waals surface area contributed by atoms with Crippen LogP contribution in [0.5, 0.6) is 0 Å². The van der Waals surface area contributed by atoms with Gasteiger partial charge in [0.15, 0.2) is 18.7 Å². The molecule has 0 amide bonds. The summed E-state index contributed by atoms with van der Waals surface area (Å²) in [5.74, 6) is -0.998. The summed E-state index contributed by atoms with van der Waals surface area (Å²) in [6.45, 7) is 2.41. The molecule has 2 heterocycles. The third-order valence-electron chi connectivity index (χ3n) is 12.7. The Morgan fingerprint density at radius 2 is 0.889 bits per heavy atom.